The van der Waals surface area contributed by atoms with Crippen molar-refractivity contribution in [2.24, 2.45) is 0 Å². The van der Waals surface area contributed by atoms with E-state index < -0.39 is 0 Å². The maximum absolute atomic E-state index is 6.57. The van der Waals surface area contributed by atoms with Crippen LogP contribution in [0.3, 0.4) is 0 Å². The number of para-hydroxylation sites is 3. The molecule has 0 bridgehead atoms. The molecule has 0 amide bonds. The number of fused-ring (bicyclic) bond motifs is 8. The van der Waals surface area contributed by atoms with E-state index in [1.807, 2.05) is 24.3 Å². The van der Waals surface area contributed by atoms with Gasteiger partial charge in [0.25, 0.3) is 0 Å². The van der Waals surface area contributed by atoms with Gasteiger partial charge >= 0.3 is 19.8 Å². The summed E-state index contributed by atoms with van der Waals surface area (Å²) in [5.74, 6) is 0. The Morgan fingerprint density at radius 2 is 1.24 bits per heavy atom. The van der Waals surface area contributed by atoms with Gasteiger partial charge in [0.15, 0.2) is 6.71 Å². The van der Waals surface area contributed by atoms with Gasteiger partial charge in [-0.25, -0.2) is 0 Å². The number of rotatable bonds is 5. The fourth-order valence-electron chi connectivity index (χ4n) is 12.0. The van der Waals surface area contributed by atoms with Crippen LogP contribution in [0.15, 0.2) is 157 Å². The zero-order valence-electron chi connectivity index (χ0n) is 45.5. The average molecular weight is 1150 g/mol. The molecular formula is C69H64BN3OOs. The molecule has 0 spiro atoms. The molecule has 12 rings (SSSR count). The van der Waals surface area contributed by atoms with Gasteiger partial charge in [-0.1, -0.05) is 195 Å². The molecule has 10 aromatic rings. The monoisotopic (exact) mass is 1150 g/mol. The first-order chi connectivity index (χ1) is 35.2. The molecule has 2 aromatic heterocycles. The van der Waals surface area contributed by atoms with Crippen molar-refractivity contribution in [1.29, 1.82) is 0 Å². The number of hydrogen-bond donors (Lipinski definition) is 0. The second kappa shape index (κ2) is 17.8. The number of anilines is 6. The SMILES string of the molecule is C=C/C(c1cc(C)c(N2c3cc4c(cc3B3c5ccc(C(C)(C)C)cc5N(c5[c-]cc(C(C)(C)C)cc5C)c5[c-]c(C(C)(C)C)cc2c53)c2ccccc2n4-c2ccccc2)c(C)c1)=c1/oc2ccccc2c1=C.[Os+2]. The maximum atomic E-state index is 6.57. The van der Waals surface area contributed by atoms with E-state index in [0.717, 1.165) is 89.1 Å². The Kier molecular flexibility index (Phi) is 11.8. The van der Waals surface area contributed by atoms with E-state index in [2.05, 4.69) is 244 Å². The molecule has 372 valence electrons. The average Bonchev–Trinajstić information content (AvgIpc) is 3.88. The van der Waals surface area contributed by atoms with E-state index in [0.29, 0.717) is 0 Å². The molecule has 0 saturated heterocycles. The first kappa shape index (κ1) is 50.1. The molecule has 0 N–H and O–H groups in total. The minimum absolute atomic E-state index is 0. The van der Waals surface area contributed by atoms with Gasteiger partial charge in [0.2, 0.25) is 0 Å². The minimum atomic E-state index is -0.245. The molecule has 2 aliphatic heterocycles. The molecule has 0 saturated carbocycles. The third-order valence-electron chi connectivity index (χ3n) is 15.8. The summed E-state index contributed by atoms with van der Waals surface area (Å²) in [7, 11) is 0. The largest absolute Gasteiger partial charge is 2.00 e. The Morgan fingerprint density at radius 1 is 0.587 bits per heavy atom. The molecule has 4 nitrogen and oxygen atoms in total. The Hall–Kier alpha value is -7.12. The number of allylic oxidation sites excluding steroid dienone is 1. The van der Waals surface area contributed by atoms with Crippen LogP contribution in [0.5, 0.6) is 0 Å². The smallest absolute Gasteiger partial charge is 0.455 e. The zero-order valence-corrected chi connectivity index (χ0v) is 48.0. The summed E-state index contributed by atoms with van der Waals surface area (Å²) in [5, 5.41) is 4.33. The molecule has 0 radical (unpaired) electrons. The van der Waals surface area contributed by atoms with Crippen LogP contribution in [0, 0.1) is 32.9 Å². The van der Waals surface area contributed by atoms with Crippen LogP contribution in [0.2, 0.25) is 0 Å². The molecule has 0 aliphatic carbocycles. The maximum Gasteiger partial charge on any atom is 2.00 e. The van der Waals surface area contributed by atoms with Gasteiger partial charge in [0.05, 0.1) is 11.0 Å². The molecule has 0 atom stereocenters. The van der Waals surface area contributed by atoms with Crippen LogP contribution in [-0.2, 0) is 36.0 Å². The molecular weight excluding hydrogens is 1090 g/mol. The number of aromatic nitrogens is 1. The van der Waals surface area contributed by atoms with Crippen LogP contribution in [0.1, 0.15) is 101 Å². The second-order valence-electron chi connectivity index (χ2n) is 24.0. The van der Waals surface area contributed by atoms with Crippen molar-refractivity contribution in [1.82, 2.24) is 4.57 Å². The van der Waals surface area contributed by atoms with Crippen molar-refractivity contribution in [3.8, 4) is 5.69 Å². The van der Waals surface area contributed by atoms with E-state index >= 15 is 0 Å². The van der Waals surface area contributed by atoms with Gasteiger partial charge in [-0.05, 0) is 95.5 Å². The fourth-order valence-corrected chi connectivity index (χ4v) is 12.0. The van der Waals surface area contributed by atoms with E-state index in [4.69, 9.17) is 4.42 Å². The molecule has 0 unspecified atom stereocenters. The van der Waals surface area contributed by atoms with Crippen molar-refractivity contribution >= 4 is 102 Å². The van der Waals surface area contributed by atoms with E-state index in [1.54, 1.807) is 0 Å². The van der Waals surface area contributed by atoms with Crippen molar-refractivity contribution in [3.63, 3.8) is 0 Å². The predicted molar refractivity (Wildman–Crippen MR) is 316 cm³/mol. The second-order valence-corrected chi connectivity index (χ2v) is 24.0. The fraction of sp³-hybridized carbons (Fsp3) is 0.217. The third-order valence-corrected chi connectivity index (χ3v) is 15.8. The summed E-state index contributed by atoms with van der Waals surface area (Å²) >= 11 is 0. The van der Waals surface area contributed by atoms with Crippen LogP contribution < -0.4 is 36.8 Å². The first-order valence-corrected chi connectivity index (χ1v) is 26.2. The quantitative estimate of drug-likeness (QED) is 0.127. The summed E-state index contributed by atoms with van der Waals surface area (Å²) in [6.07, 6.45) is 1.92. The number of benzene rings is 8. The van der Waals surface area contributed by atoms with Gasteiger partial charge in [-0.2, -0.15) is 35.4 Å². The summed E-state index contributed by atoms with van der Waals surface area (Å²) in [6, 6.07) is 59.9. The molecule has 6 heteroatoms. The first-order valence-electron chi connectivity index (χ1n) is 26.2. The zero-order chi connectivity index (χ0) is 51.9. The van der Waals surface area contributed by atoms with Gasteiger partial charge < -0.3 is 18.8 Å². The Bertz CT molecular complexity index is 4100. The summed E-state index contributed by atoms with van der Waals surface area (Å²) in [4.78, 5) is 5.11. The molecule has 2 aliphatic rings. The molecule has 0 fully saturated rings. The van der Waals surface area contributed by atoms with Crippen molar-refractivity contribution in [2.75, 3.05) is 9.80 Å². The van der Waals surface area contributed by atoms with E-state index in [9.17, 15) is 0 Å². The topological polar surface area (TPSA) is 24.6 Å². The normalized spacial score (nSPS) is 13.7. The molecule has 75 heavy (non-hydrogen) atoms. The Morgan fingerprint density at radius 3 is 1.89 bits per heavy atom. The number of nitrogens with zero attached hydrogens (tertiary/aromatic N) is 3. The predicted octanol–water partition coefficient (Wildman–Crippen LogP) is 14.8. The molecule has 4 heterocycles. The standard InChI is InChI=1S/C69H64BN3O.Os/c1-15-50(66-44(5)51-25-20-22-28-63(51)74-66)45-33-42(3)65(43(4)34-45)73-60-40-58-53(52-26-19-21-27-57(52)71(58)49-23-17-16-18-24-49)39-55(60)70-54-31-29-47(68(9,10)11)36-59(54)72(56-32-30-46(35-41(56)2)67(6,7)8)61-37-48(69(12,13)14)38-62(73)64(61)70;/h15-31,33-36,38-40H,1,5H2,2-4,6-14H3;/q-2;+2/b66-50-;. The summed E-state index contributed by atoms with van der Waals surface area (Å²) in [5.41, 5.74) is 24.3. The summed E-state index contributed by atoms with van der Waals surface area (Å²) < 4.78 is 9.02. The number of furan rings is 1. The van der Waals surface area contributed by atoms with Crippen molar-refractivity contribution in [2.45, 2.75) is 99.3 Å². The number of hydrogen-bond acceptors (Lipinski definition) is 3. The van der Waals surface area contributed by atoms with Crippen LogP contribution in [0.25, 0.3) is 50.6 Å². The van der Waals surface area contributed by atoms with Crippen LogP contribution >= 0.6 is 0 Å². The van der Waals surface area contributed by atoms with E-state index in [-0.39, 0.29) is 42.7 Å². The molecule has 8 aromatic carbocycles. The van der Waals surface area contributed by atoms with Gasteiger partial charge in [-0.15, -0.1) is 17.1 Å². The van der Waals surface area contributed by atoms with E-state index in [1.165, 1.54) is 55.1 Å². The minimum Gasteiger partial charge on any atom is -0.455 e. The van der Waals surface area contributed by atoms with Crippen LogP contribution in [-0.4, -0.2) is 11.3 Å². The summed E-state index contributed by atoms with van der Waals surface area (Å²) in [6.45, 7) is 36.3. The Balaban J connectivity index is 0.00000602. The van der Waals surface area contributed by atoms with Crippen molar-refractivity contribution < 1.29 is 24.2 Å². The van der Waals surface area contributed by atoms with Crippen LogP contribution in [0.4, 0.5) is 34.1 Å². The third kappa shape index (κ3) is 7.89. The van der Waals surface area contributed by atoms with Gasteiger partial charge in [0, 0.05) is 49.7 Å². The van der Waals surface area contributed by atoms with Gasteiger partial charge in [-0.3, -0.25) is 0 Å². The van der Waals surface area contributed by atoms with Crippen molar-refractivity contribution in [3.05, 3.63) is 214 Å². The Labute approximate surface area is 456 Å². The van der Waals surface area contributed by atoms with Gasteiger partial charge in [0.1, 0.15) is 11.0 Å². The number of aryl methyl sites for hydroxylation is 3.